The normalized spacial score (nSPS) is 11.9. The number of nitrogens with zero attached hydrogens (tertiary/aromatic N) is 7. The first kappa shape index (κ1) is 79.6. The molecule has 0 aliphatic heterocycles. The first-order valence-electron chi connectivity index (χ1n) is 45.6. The van der Waals surface area contributed by atoms with Crippen LogP contribution in [-0.2, 0) is 5.41 Å². The van der Waals surface area contributed by atoms with Crippen LogP contribution >= 0.6 is 0 Å². The molecule has 0 unspecified atom stereocenters. The molecule has 3 heterocycles. The standard InChI is InChI=1S/C76H49N3.C51H34N4/c1-7-21-50(22-8-1)59-41-60(51-23-9-2-10-24-51)44-63(43-59)56-35-38-67-68-39-36-57(64-45-61(52-25-11-3-12-26-52)42-62(46-64)53-27-13-4-14-28-53)48-71(68)76(70(67)47-56)69-34-20-19-33-65(69)66-40-37-58(49-72(66)76)75-78-73(54-29-15-5-16-30-54)77-74(79-75)55-31-17-6-18-32-55;1-5-16-35(17-6-1)42-31-43(36-18-7-2-8-19-36)33-44(32-42)40-25-15-24-39(30-40)41-28-29-46-45-26-13-14-27-47(45)55(48(46)34-41)51-53-49(37-20-9-3-10-21-37)52-50(54-51)38-22-11-4-12-23-38/h1-49H;1-34H. The van der Waals surface area contributed by atoms with Gasteiger partial charge in [0.05, 0.1) is 16.4 Å². The van der Waals surface area contributed by atoms with Gasteiger partial charge in [-0.25, -0.2) is 19.9 Å². The number of rotatable bonds is 16. The van der Waals surface area contributed by atoms with Crippen LogP contribution < -0.4 is 0 Å². The summed E-state index contributed by atoms with van der Waals surface area (Å²) >= 11 is 0. The van der Waals surface area contributed by atoms with Crippen molar-refractivity contribution in [2.24, 2.45) is 0 Å². The second-order valence-corrected chi connectivity index (χ2v) is 34.4. The van der Waals surface area contributed by atoms with E-state index in [1.165, 1.54) is 117 Å². The number of hydrogen-bond acceptors (Lipinski definition) is 6. The molecule has 134 heavy (non-hydrogen) atoms. The van der Waals surface area contributed by atoms with E-state index >= 15 is 0 Å². The van der Waals surface area contributed by atoms with Gasteiger partial charge >= 0.3 is 0 Å². The average molecular weight is 1710 g/mol. The summed E-state index contributed by atoms with van der Waals surface area (Å²) < 4.78 is 2.19. The Labute approximate surface area is 778 Å². The first-order valence-corrected chi connectivity index (χ1v) is 45.6. The van der Waals surface area contributed by atoms with Crippen molar-refractivity contribution in [2.75, 3.05) is 0 Å². The molecule has 7 heteroatoms. The van der Waals surface area contributed by atoms with E-state index in [-0.39, 0.29) is 0 Å². The zero-order valence-corrected chi connectivity index (χ0v) is 73.1. The van der Waals surface area contributed by atoms with Crippen molar-refractivity contribution in [3.8, 4) is 196 Å². The highest BCUT2D eigenvalue weighted by atomic mass is 15.2. The van der Waals surface area contributed by atoms with E-state index in [0.717, 1.165) is 88.6 Å². The molecule has 2 aliphatic rings. The van der Waals surface area contributed by atoms with Gasteiger partial charge in [0.25, 0.3) is 0 Å². The fourth-order valence-corrected chi connectivity index (χ4v) is 19.9. The number of benzene rings is 20. The highest BCUT2D eigenvalue weighted by molar-refractivity contribution is 6.10. The largest absolute Gasteiger partial charge is 0.278 e. The number of hydrogen-bond donors (Lipinski definition) is 0. The molecule has 0 fully saturated rings. The third-order valence-electron chi connectivity index (χ3n) is 26.3. The molecule has 0 saturated carbocycles. The molecular formula is C127H83N7. The van der Waals surface area contributed by atoms with Crippen LogP contribution in [0.25, 0.3) is 218 Å². The van der Waals surface area contributed by atoms with Gasteiger partial charge < -0.3 is 0 Å². The molecule has 3 aromatic heterocycles. The highest BCUT2D eigenvalue weighted by Gasteiger charge is 2.52. The van der Waals surface area contributed by atoms with E-state index in [2.05, 4.69) is 411 Å². The summed E-state index contributed by atoms with van der Waals surface area (Å²) in [6, 6.07) is 181. The zero-order valence-electron chi connectivity index (χ0n) is 73.1. The minimum Gasteiger partial charge on any atom is -0.278 e. The summed E-state index contributed by atoms with van der Waals surface area (Å²) in [7, 11) is 0. The van der Waals surface area contributed by atoms with Gasteiger partial charge in [-0.05, 0) is 247 Å². The summed E-state index contributed by atoms with van der Waals surface area (Å²) in [5.41, 5.74) is 39.3. The van der Waals surface area contributed by atoms with E-state index < -0.39 is 5.41 Å². The van der Waals surface area contributed by atoms with Crippen LogP contribution in [0.1, 0.15) is 22.3 Å². The van der Waals surface area contributed by atoms with E-state index in [9.17, 15) is 0 Å². The third kappa shape index (κ3) is 14.8. The molecule has 23 aromatic rings. The van der Waals surface area contributed by atoms with Crippen LogP contribution in [0.3, 0.4) is 0 Å². The molecule has 1 spiro atoms. The van der Waals surface area contributed by atoms with Gasteiger partial charge in [-0.2, -0.15) is 9.97 Å². The van der Waals surface area contributed by atoms with Crippen molar-refractivity contribution < 1.29 is 0 Å². The molecule has 0 radical (unpaired) electrons. The predicted molar refractivity (Wildman–Crippen MR) is 552 cm³/mol. The van der Waals surface area contributed by atoms with Crippen LogP contribution in [0.5, 0.6) is 0 Å². The predicted octanol–water partition coefficient (Wildman–Crippen LogP) is 32.2. The van der Waals surface area contributed by atoms with Gasteiger partial charge in [0.1, 0.15) is 0 Å². The van der Waals surface area contributed by atoms with Crippen molar-refractivity contribution in [3.05, 3.63) is 526 Å². The Balaban J connectivity index is 0.000000157. The van der Waals surface area contributed by atoms with Gasteiger partial charge in [-0.3, -0.25) is 4.57 Å². The molecule has 2 aliphatic carbocycles. The highest BCUT2D eigenvalue weighted by Crippen LogP contribution is 2.64. The van der Waals surface area contributed by atoms with Crippen LogP contribution in [0, 0.1) is 0 Å². The maximum atomic E-state index is 5.30. The summed E-state index contributed by atoms with van der Waals surface area (Å²) in [6.45, 7) is 0. The number of aromatic nitrogens is 7. The molecule has 20 aromatic carbocycles. The quantitative estimate of drug-likeness (QED) is 0.0959. The zero-order chi connectivity index (χ0) is 88.8. The SMILES string of the molecule is c1ccc(-c2cc(-c3ccccc3)cc(-c3ccc4c(c3)C3(c5ccccc5-c5ccc(-c6nc(-c7ccccc7)nc(-c7ccccc7)n6)cc53)c3cc(-c5cc(-c6ccccc6)cc(-c6ccccc6)c5)ccc3-4)c2)cc1.c1ccc(-c2cc(-c3ccccc3)cc(-c3cccc(-c4ccc5c6ccccc6n(-c6nc(-c7ccccc7)nc(-c7ccccc7)n6)c5c4)c3)c2)cc1. The van der Waals surface area contributed by atoms with Crippen LogP contribution in [0.4, 0.5) is 0 Å². The average Bonchev–Trinajstić information content (AvgIpc) is 1.50. The minimum atomic E-state index is -0.727. The first-order chi connectivity index (χ1) is 66.4. The van der Waals surface area contributed by atoms with Crippen molar-refractivity contribution >= 4 is 21.8 Å². The monoisotopic (exact) mass is 1710 g/mol. The van der Waals surface area contributed by atoms with E-state index in [4.69, 9.17) is 29.9 Å². The number of fused-ring (bicyclic) bond motifs is 13. The van der Waals surface area contributed by atoms with Gasteiger partial charge in [-0.15, -0.1) is 0 Å². The molecule has 0 atom stereocenters. The molecule has 0 N–H and O–H groups in total. The van der Waals surface area contributed by atoms with Gasteiger partial charge in [0, 0.05) is 38.6 Å². The lowest BCUT2D eigenvalue weighted by Crippen LogP contribution is -2.26. The summed E-state index contributed by atoms with van der Waals surface area (Å²) in [4.78, 5) is 30.9. The third-order valence-corrected chi connectivity index (χ3v) is 26.3. The smallest absolute Gasteiger partial charge is 0.238 e. The second-order valence-electron chi connectivity index (χ2n) is 34.4. The fraction of sp³-hybridized carbons (Fsp3) is 0.00787. The van der Waals surface area contributed by atoms with Gasteiger partial charge in [0.15, 0.2) is 29.1 Å². The molecule has 25 rings (SSSR count). The Bertz CT molecular complexity index is 7710. The summed E-state index contributed by atoms with van der Waals surface area (Å²) in [5.74, 6) is 3.73. The van der Waals surface area contributed by atoms with Gasteiger partial charge in [0.2, 0.25) is 5.95 Å². The van der Waals surface area contributed by atoms with Gasteiger partial charge in [-0.1, -0.05) is 413 Å². The van der Waals surface area contributed by atoms with Crippen molar-refractivity contribution in [1.29, 1.82) is 0 Å². The Morgan fingerprint density at radius 3 is 0.731 bits per heavy atom. The molecule has 0 saturated heterocycles. The van der Waals surface area contributed by atoms with Crippen molar-refractivity contribution in [3.63, 3.8) is 0 Å². The molecular weight excluding hydrogens is 1620 g/mol. The topological polar surface area (TPSA) is 82.3 Å². The van der Waals surface area contributed by atoms with E-state index in [0.29, 0.717) is 35.1 Å². The van der Waals surface area contributed by atoms with E-state index in [1.54, 1.807) is 0 Å². The molecule has 626 valence electrons. The molecule has 0 bridgehead atoms. The van der Waals surface area contributed by atoms with Crippen molar-refractivity contribution in [1.82, 2.24) is 34.5 Å². The lowest BCUT2D eigenvalue weighted by Gasteiger charge is -2.31. The van der Waals surface area contributed by atoms with Crippen LogP contribution in [0.15, 0.2) is 504 Å². The summed E-state index contributed by atoms with van der Waals surface area (Å²) in [6.07, 6.45) is 0. The van der Waals surface area contributed by atoms with Crippen molar-refractivity contribution in [2.45, 2.75) is 5.41 Å². The van der Waals surface area contributed by atoms with Crippen LogP contribution in [0.2, 0.25) is 0 Å². The Hall–Kier alpha value is -17.8. The lowest BCUT2D eigenvalue weighted by atomic mass is 9.69. The fourth-order valence-electron chi connectivity index (χ4n) is 19.9. The number of para-hydroxylation sites is 1. The Morgan fingerprint density at radius 2 is 0.366 bits per heavy atom. The minimum absolute atomic E-state index is 0.580. The lowest BCUT2D eigenvalue weighted by molar-refractivity contribution is 0.794. The second kappa shape index (κ2) is 34.3. The molecule has 7 nitrogen and oxygen atoms in total. The molecule has 0 amide bonds. The Morgan fingerprint density at radius 1 is 0.134 bits per heavy atom. The summed E-state index contributed by atoms with van der Waals surface area (Å²) in [5, 5.41) is 2.29. The maximum Gasteiger partial charge on any atom is 0.238 e. The van der Waals surface area contributed by atoms with E-state index in [1.807, 2.05) is 97.1 Å². The Kier molecular flexibility index (Phi) is 20.4. The van der Waals surface area contributed by atoms with Crippen LogP contribution in [-0.4, -0.2) is 34.5 Å². The maximum absolute atomic E-state index is 5.30.